The molecule has 0 unspecified atom stereocenters. The zero-order valence-electron chi connectivity index (χ0n) is 15.4. The minimum Gasteiger partial charge on any atom is -0.497 e. The molecule has 0 radical (unpaired) electrons. The fraction of sp³-hybridized carbons (Fsp3) is 0.190. The van der Waals surface area contributed by atoms with Gasteiger partial charge in [-0.05, 0) is 55.5 Å². The second-order valence-corrected chi connectivity index (χ2v) is 6.73. The first kappa shape index (κ1) is 19.4. The van der Waals surface area contributed by atoms with Crippen LogP contribution in [0.5, 0.6) is 11.5 Å². The Morgan fingerprint density at radius 2 is 1.82 bits per heavy atom. The molecule has 0 spiro atoms. The first-order valence-electron chi connectivity index (χ1n) is 8.51. The second kappa shape index (κ2) is 9.02. The van der Waals surface area contributed by atoms with Gasteiger partial charge in [0.2, 0.25) is 0 Å². The van der Waals surface area contributed by atoms with Crippen molar-refractivity contribution in [3.8, 4) is 28.1 Å². The average molecular weight is 394 g/mol. The second-order valence-electron chi connectivity index (χ2n) is 5.88. The molecular formula is C21H18N2O4S. The lowest BCUT2D eigenvalue weighted by Gasteiger charge is -2.13. The van der Waals surface area contributed by atoms with Crippen LogP contribution in [0.15, 0.2) is 53.9 Å². The van der Waals surface area contributed by atoms with Crippen molar-refractivity contribution in [2.45, 2.75) is 19.6 Å². The number of carbonyl (C=O) groups excluding carboxylic acids is 1. The van der Waals surface area contributed by atoms with Crippen molar-refractivity contribution < 1.29 is 19.0 Å². The van der Waals surface area contributed by atoms with E-state index in [2.05, 4.69) is 4.98 Å². The predicted molar refractivity (Wildman–Crippen MR) is 105 cm³/mol. The van der Waals surface area contributed by atoms with Crippen LogP contribution < -0.4 is 9.47 Å². The number of nitrogens with zero attached hydrogens (tertiary/aromatic N) is 2. The van der Waals surface area contributed by atoms with E-state index in [-0.39, 0.29) is 6.61 Å². The SMILES string of the molecule is COc1ccc(-c2nc(COC(=O)[C@@H](C)Oc3ccc(C#N)cc3)cs2)cc1. The maximum Gasteiger partial charge on any atom is 0.347 e. The Hall–Kier alpha value is -3.37. The molecule has 1 aromatic heterocycles. The third-order valence-electron chi connectivity index (χ3n) is 3.88. The fourth-order valence-corrected chi connectivity index (χ4v) is 3.17. The summed E-state index contributed by atoms with van der Waals surface area (Å²) in [6, 6.07) is 16.2. The van der Waals surface area contributed by atoms with E-state index in [1.165, 1.54) is 11.3 Å². The van der Waals surface area contributed by atoms with Crippen LogP contribution in [0.4, 0.5) is 0 Å². The van der Waals surface area contributed by atoms with Crippen molar-refractivity contribution in [1.82, 2.24) is 4.98 Å². The van der Waals surface area contributed by atoms with Gasteiger partial charge in [0, 0.05) is 10.9 Å². The Bertz CT molecular complexity index is 975. The van der Waals surface area contributed by atoms with Crippen LogP contribution in [-0.2, 0) is 16.1 Å². The fourth-order valence-electron chi connectivity index (χ4n) is 2.36. The van der Waals surface area contributed by atoms with Crippen molar-refractivity contribution in [3.05, 3.63) is 65.2 Å². The highest BCUT2D eigenvalue weighted by Crippen LogP contribution is 2.26. The number of ether oxygens (including phenoxy) is 3. The molecular weight excluding hydrogens is 376 g/mol. The van der Waals surface area contributed by atoms with E-state index in [4.69, 9.17) is 19.5 Å². The van der Waals surface area contributed by atoms with Gasteiger partial charge in [-0.1, -0.05) is 0 Å². The zero-order valence-corrected chi connectivity index (χ0v) is 16.2. The number of carbonyl (C=O) groups is 1. The molecule has 0 amide bonds. The first-order valence-corrected chi connectivity index (χ1v) is 9.39. The Balaban J connectivity index is 1.53. The van der Waals surface area contributed by atoms with E-state index in [0.717, 1.165) is 16.3 Å². The summed E-state index contributed by atoms with van der Waals surface area (Å²) >= 11 is 1.48. The van der Waals surface area contributed by atoms with Gasteiger partial charge in [0.15, 0.2) is 6.10 Å². The van der Waals surface area contributed by atoms with Crippen molar-refractivity contribution in [2.24, 2.45) is 0 Å². The highest BCUT2D eigenvalue weighted by molar-refractivity contribution is 7.13. The Kier molecular flexibility index (Phi) is 6.25. The minimum atomic E-state index is -0.771. The lowest BCUT2D eigenvalue weighted by molar-refractivity contribution is -0.152. The van der Waals surface area contributed by atoms with E-state index in [0.29, 0.717) is 17.0 Å². The summed E-state index contributed by atoms with van der Waals surface area (Å²) in [5.74, 6) is 0.799. The van der Waals surface area contributed by atoms with Gasteiger partial charge in [-0.2, -0.15) is 5.26 Å². The summed E-state index contributed by atoms with van der Waals surface area (Å²) in [5, 5.41) is 11.5. The number of benzene rings is 2. The molecule has 0 N–H and O–H groups in total. The largest absolute Gasteiger partial charge is 0.497 e. The summed E-state index contributed by atoms with van der Waals surface area (Å²) in [6.07, 6.45) is -0.771. The van der Waals surface area contributed by atoms with Gasteiger partial charge in [-0.15, -0.1) is 11.3 Å². The lowest BCUT2D eigenvalue weighted by atomic mass is 10.2. The summed E-state index contributed by atoms with van der Waals surface area (Å²) in [7, 11) is 1.62. The topological polar surface area (TPSA) is 81.4 Å². The Morgan fingerprint density at radius 1 is 1.14 bits per heavy atom. The van der Waals surface area contributed by atoms with Gasteiger partial charge in [-0.25, -0.2) is 9.78 Å². The number of hydrogen-bond donors (Lipinski definition) is 0. The van der Waals surface area contributed by atoms with Gasteiger partial charge >= 0.3 is 5.97 Å². The number of hydrogen-bond acceptors (Lipinski definition) is 7. The molecule has 0 fully saturated rings. The van der Waals surface area contributed by atoms with Crippen LogP contribution in [0, 0.1) is 11.3 Å². The third-order valence-corrected chi connectivity index (χ3v) is 4.82. The molecule has 6 nitrogen and oxygen atoms in total. The molecule has 0 aliphatic carbocycles. The molecule has 3 aromatic rings. The quantitative estimate of drug-likeness (QED) is 0.559. The molecule has 1 heterocycles. The van der Waals surface area contributed by atoms with Crippen LogP contribution in [0.25, 0.3) is 10.6 Å². The number of nitriles is 1. The normalized spacial score (nSPS) is 11.3. The van der Waals surface area contributed by atoms with Crippen molar-refractivity contribution in [1.29, 1.82) is 5.26 Å². The van der Waals surface area contributed by atoms with Crippen LogP contribution in [0.3, 0.4) is 0 Å². The van der Waals surface area contributed by atoms with Gasteiger partial charge in [0.1, 0.15) is 23.1 Å². The molecule has 142 valence electrons. The van der Waals surface area contributed by atoms with Crippen molar-refractivity contribution in [2.75, 3.05) is 7.11 Å². The number of thiazole rings is 1. The van der Waals surface area contributed by atoms with Gasteiger partial charge in [0.25, 0.3) is 0 Å². The van der Waals surface area contributed by atoms with Gasteiger partial charge in [-0.3, -0.25) is 0 Å². The highest BCUT2D eigenvalue weighted by atomic mass is 32.1. The molecule has 0 saturated carbocycles. The number of esters is 1. The van der Waals surface area contributed by atoms with Crippen molar-refractivity contribution >= 4 is 17.3 Å². The lowest BCUT2D eigenvalue weighted by Crippen LogP contribution is -2.26. The van der Waals surface area contributed by atoms with E-state index >= 15 is 0 Å². The van der Waals surface area contributed by atoms with Gasteiger partial charge < -0.3 is 14.2 Å². The molecule has 7 heteroatoms. The molecule has 0 saturated heterocycles. The molecule has 28 heavy (non-hydrogen) atoms. The Morgan fingerprint density at radius 3 is 2.46 bits per heavy atom. The van der Waals surface area contributed by atoms with Crippen LogP contribution >= 0.6 is 11.3 Å². The highest BCUT2D eigenvalue weighted by Gasteiger charge is 2.17. The van der Waals surface area contributed by atoms with Crippen LogP contribution in [-0.4, -0.2) is 24.2 Å². The maximum atomic E-state index is 12.2. The summed E-state index contributed by atoms with van der Waals surface area (Å²) in [4.78, 5) is 16.7. The molecule has 0 aliphatic heterocycles. The van der Waals surface area contributed by atoms with E-state index in [9.17, 15) is 4.79 Å². The summed E-state index contributed by atoms with van der Waals surface area (Å²) in [5.41, 5.74) is 2.18. The monoisotopic (exact) mass is 394 g/mol. The van der Waals surface area contributed by atoms with E-state index < -0.39 is 12.1 Å². The minimum absolute atomic E-state index is 0.0760. The standard InChI is InChI=1S/C21H18N2O4S/c1-14(27-19-7-3-15(11-22)4-8-19)21(24)26-12-17-13-28-20(23-17)16-5-9-18(25-2)10-6-16/h3-10,13-14H,12H2,1-2H3/t14-/m1/s1. The number of rotatable bonds is 7. The Labute approximate surface area is 166 Å². The zero-order chi connectivity index (χ0) is 19.9. The van der Waals surface area contributed by atoms with E-state index in [1.54, 1.807) is 38.3 Å². The maximum absolute atomic E-state index is 12.2. The molecule has 2 aromatic carbocycles. The van der Waals surface area contributed by atoms with Crippen molar-refractivity contribution in [3.63, 3.8) is 0 Å². The third kappa shape index (κ3) is 4.87. The van der Waals surface area contributed by atoms with Crippen LogP contribution in [0.2, 0.25) is 0 Å². The number of methoxy groups -OCH3 is 1. The van der Waals surface area contributed by atoms with Crippen LogP contribution in [0.1, 0.15) is 18.2 Å². The molecule has 1 atom stereocenters. The van der Waals surface area contributed by atoms with E-state index in [1.807, 2.05) is 35.7 Å². The average Bonchev–Trinajstić information content (AvgIpc) is 3.21. The molecule has 0 aliphatic rings. The molecule has 3 rings (SSSR count). The summed E-state index contributed by atoms with van der Waals surface area (Å²) < 4.78 is 16.0. The smallest absolute Gasteiger partial charge is 0.347 e. The predicted octanol–water partition coefficient (Wildman–Crippen LogP) is 4.20. The summed E-state index contributed by atoms with van der Waals surface area (Å²) in [6.45, 7) is 1.69. The first-order chi connectivity index (χ1) is 13.6. The molecule has 0 bridgehead atoms. The number of aromatic nitrogens is 1. The van der Waals surface area contributed by atoms with Gasteiger partial charge in [0.05, 0.1) is 24.4 Å².